The van der Waals surface area contributed by atoms with Gasteiger partial charge in [0.05, 0.1) is 35.1 Å². The van der Waals surface area contributed by atoms with Crippen LogP contribution in [-0.2, 0) is 19.7 Å². The van der Waals surface area contributed by atoms with Gasteiger partial charge in [-0.2, -0.15) is 0 Å². The standard InChI is InChI=1S/C9H14N2O5S2/c12-9-10-7-4-18(15,16)5-8(7)11(9)6-1-2-17(13,14)3-6/h6-8H,1-5H2,(H,10,12)/t6-,7+,8-/m0/s1. The largest absolute Gasteiger partial charge is 0.332 e. The predicted octanol–water partition coefficient (Wildman–Crippen LogP) is -1.64. The fourth-order valence-electron chi connectivity index (χ4n) is 3.06. The molecule has 0 saturated carbocycles. The van der Waals surface area contributed by atoms with Crippen molar-refractivity contribution < 1.29 is 21.6 Å². The highest BCUT2D eigenvalue weighted by molar-refractivity contribution is 7.92. The maximum absolute atomic E-state index is 11.8. The molecule has 0 unspecified atom stereocenters. The molecule has 3 fully saturated rings. The van der Waals surface area contributed by atoms with Crippen molar-refractivity contribution in [2.24, 2.45) is 0 Å². The minimum Gasteiger partial charge on any atom is -0.332 e. The van der Waals surface area contributed by atoms with Gasteiger partial charge in [0.1, 0.15) is 0 Å². The number of amides is 2. The van der Waals surface area contributed by atoms with E-state index in [2.05, 4.69) is 5.32 Å². The number of hydrogen-bond acceptors (Lipinski definition) is 5. The van der Waals surface area contributed by atoms with E-state index in [-0.39, 0.29) is 41.1 Å². The van der Waals surface area contributed by atoms with Crippen molar-refractivity contribution in [1.82, 2.24) is 10.2 Å². The number of carbonyl (C=O) groups excluding carboxylic acids is 1. The summed E-state index contributed by atoms with van der Waals surface area (Å²) in [6.45, 7) is 0. The molecule has 3 saturated heterocycles. The smallest absolute Gasteiger partial charge is 0.318 e. The highest BCUT2D eigenvalue weighted by Gasteiger charge is 2.52. The second kappa shape index (κ2) is 3.60. The lowest BCUT2D eigenvalue weighted by molar-refractivity contribution is 0.186. The van der Waals surface area contributed by atoms with Gasteiger partial charge in [0, 0.05) is 6.04 Å². The Balaban J connectivity index is 1.86. The van der Waals surface area contributed by atoms with Gasteiger partial charge in [-0.15, -0.1) is 0 Å². The summed E-state index contributed by atoms with van der Waals surface area (Å²) < 4.78 is 46.0. The second-order valence-electron chi connectivity index (χ2n) is 5.16. The van der Waals surface area contributed by atoms with Crippen molar-refractivity contribution in [1.29, 1.82) is 0 Å². The van der Waals surface area contributed by atoms with Crippen molar-refractivity contribution in [3.05, 3.63) is 0 Å². The van der Waals surface area contributed by atoms with Gasteiger partial charge >= 0.3 is 6.03 Å². The third kappa shape index (κ3) is 1.89. The molecule has 0 bridgehead atoms. The molecule has 0 aliphatic carbocycles. The molecular weight excluding hydrogens is 280 g/mol. The zero-order valence-electron chi connectivity index (χ0n) is 9.57. The molecule has 3 rings (SSSR count). The summed E-state index contributed by atoms with van der Waals surface area (Å²) in [5, 5.41) is 2.64. The molecule has 1 N–H and O–H groups in total. The monoisotopic (exact) mass is 294 g/mol. The van der Waals surface area contributed by atoms with Crippen molar-refractivity contribution >= 4 is 25.7 Å². The number of nitrogens with zero attached hydrogens (tertiary/aromatic N) is 1. The molecule has 7 nitrogen and oxygen atoms in total. The van der Waals surface area contributed by atoms with Gasteiger partial charge in [-0.05, 0) is 6.42 Å². The highest BCUT2D eigenvalue weighted by Crippen LogP contribution is 2.29. The van der Waals surface area contributed by atoms with Gasteiger partial charge in [0.2, 0.25) is 0 Å². The predicted molar refractivity (Wildman–Crippen MR) is 63.7 cm³/mol. The molecule has 0 spiro atoms. The lowest BCUT2D eigenvalue weighted by atomic mass is 10.1. The molecule has 3 heterocycles. The number of carbonyl (C=O) groups is 1. The summed E-state index contributed by atoms with van der Waals surface area (Å²) in [6, 6.07) is -1.49. The van der Waals surface area contributed by atoms with Gasteiger partial charge in [0.15, 0.2) is 19.7 Å². The Morgan fingerprint density at radius 1 is 1.06 bits per heavy atom. The van der Waals surface area contributed by atoms with Crippen LogP contribution in [0.25, 0.3) is 0 Å². The van der Waals surface area contributed by atoms with E-state index in [9.17, 15) is 21.6 Å². The third-order valence-corrected chi connectivity index (χ3v) is 7.29. The average Bonchev–Trinajstić information content (AvgIpc) is 2.75. The Bertz CT molecular complexity index is 596. The molecule has 18 heavy (non-hydrogen) atoms. The number of urea groups is 1. The highest BCUT2D eigenvalue weighted by atomic mass is 32.2. The quantitative estimate of drug-likeness (QED) is 0.585. The Kier molecular flexibility index (Phi) is 2.44. The molecule has 0 aromatic rings. The van der Waals surface area contributed by atoms with Crippen LogP contribution in [0.1, 0.15) is 6.42 Å². The summed E-state index contributed by atoms with van der Waals surface area (Å²) in [5.41, 5.74) is 0. The molecule has 3 aliphatic rings. The number of fused-ring (bicyclic) bond motifs is 1. The summed E-state index contributed by atoms with van der Waals surface area (Å²) in [4.78, 5) is 13.3. The molecule has 2 amide bonds. The Hall–Kier alpha value is -0.830. The van der Waals surface area contributed by atoms with Crippen LogP contribution in [0.3, 0.4) is 0 Å². The van der Waals surface area contributed by atoms with Gasteiger partial charge in [-0.25, -0.2) is 21.6 Å². The molecule has 102 valence electrons. The van der Waals surface area contributed by atoms with Crippen molar-refractivity contribution in [3.63, 3.8) is 0 Å². The van der Waals surface area contributed by atoms with Crippen molar-refractivity contribution in [3.8, 4) is 0 Å². The second-order valence-corrected chi connectivity index (χ2v) is 9.55. The van der Waals surface area contributed by atoms with E-state index in [4.69, 9.17) is 0 Å². The summed E-state index contributed by atoms with van der Waals surface area (Å²) in [5.74, 6) is -0.0817. The number of hydrogen-bond donors (Lipinski definition) is 1. The topological polar surface area (TPSA) is 101 Å². The molecular formula is C9H14N2O5S2. The van der Waals surface area contributed by atoms with Gasteiger partial charge < -0.3 is 10.2 Å². The summed E-state index contributed by atoms with van der Waals surface area (Å²) in [6.07, 6.45) is 0.402. The minimum absolute atomic E-state index is 0.0423. The fraction of sp³-hybridized carbons (Fsp3) is 0.889. The Labute approximate surface area is 105 Å². The van der Waals surface area contributed by atoms with E-state index < -0.39 is 25.7 Å². The van der Waals surface area contributed by atoms with Crippen molar-refractivity contribution in [2.75, 3.05) is 23.0 Å². The lowest BCUT2D eigenvalue weighted by Crippen LogP contribution is -2.45. The van der Waals surface area contributed by atoms with Crippen LogP contribution in [0.4, 0.5) is 4.79 Å². The van der Waals surface area contributed by atoms with Crippen molar-refractivity contribution in [2.45, 2.75) is 24.5 Å². The Morgan fingerprint density at radius 3 is 2.39 bits per heavy atom. The van der Waals surface area contributed by atoms with E-state index in [1.54, 1.807) is 0 Å². The van der Waals surface area contributed by atoms with E-state index >= 15 is 0 Å². The minimum atomic E-state index is -3.13. The normalized spacial score (nSPS) is 40.8. The first-order valence-corrected chi connectivity index (χ1v) is 9.41. The first kappa shape index (κ1) is 12.2. The van der Waals surface area contributed by atoms with Gasteiger partial charge in [-0.1, -0.05) is 0 Å². The van der Waals surface area contributed by atoms with E-state index in [1.807, 2.05) is 0 Å². The molecule has 9 heteroatoms. The van der Waals surface area contributed by atoms with Crippen LogP contribution in [0.5, 0.6) is 0 Å². The first-order valence-electron chi connectivity index (χ1n) is 5.77. The van der Waals surface area contributed by atoms with Crippen LogP contribution in [-0.4, -0.2) is 68.9 Å². The van der Waals surface area contributed by atoms with E-state index in [1.165, 1.54) is 4.90 Å². The molecule has 0 aromatic carbocycles. The third-order valence-electron chi connectivity index (χ3n) is 3.83. The first-order chi connectivity index (χ1) is 8.27. The zero-order chi connectivity index (χ0) is 13.1. The zero-order valence-corrected chi connectivity index (χ0v) is 11.2. The molecule has 0 aromatic heterocycles. The lowest BCUT2D eigenvalue weighted by Gasteiger charge is -2.26. The maximum Gasteiger partial charge on any atom is 0.318 e. The van der Waals surface area contributed by atoms with Gasteiger partial charge in [-0.3, -0.25) is 0 Å². The number of sulfone groups is 2. The average molecular weight is 294 g/mol. The number of rotatable bonds is 1. The number of nitrogens with one attached hydrogen (secondary N) is 1. The van der Waals surface area contributed by atoms with Crippen LogP contribution in [0.15, 0.2) is 0 Å². The summed E-state index contributed by atoms with van der Waals surface area (Å²) in [7, 11) is -6.21. The summed E-state index contributed by atoms with van der Waals surface area (Å²) >= 11 is 0. The molecule has 3 atom stereocenters. The van der Waals surface area contributed by atoms with Crippen LogP contribution < -0.4 is 5.32 Å². The Morgan fingerprint density at radius 2 is 1.78 bits per heavy atom. The molecule has 3 aliphatic heterocycles. The van der Waals surface area contributed by atoms with E-state index in [0.717, 1.165) is 0 Å². The van der Waals surface area contributed by atoms with Crippen LogP contribution >= 0.6 is 0 Å². The van der Waals surface area contributed by atoms with E-state index in [0.29, 0.717) is 6.42 Å². The van der Waals surface area contributed by atoms with Crippen LogP contribution in [0.2, 0.25) is 0 Å². The van der Waals surface area contributed by atoms with Gasteiger partial charge in [0.25, 0.3) is 0 Å². The van der Waals surface area contributed by atoms with Crippen LogP contribution in [0, 0.1) is 0 Å². The fourth-order valence-corrected chi connectivity index (χ4v) is 6.67. The molecule has 0 radical (unpaired) electrons. The SMILES string of the molecule is O=C1N[C@@H]2CS(=O)(=O)C[C@@H]2N1[C@H]1CCS(=O)(=O)C1. The maximum atomic E-state index is 11.8.